The van der Waals surface area contributed by atoms with E-state index in [-0.39, 0.29) is 0 Å². The summed E-state index contributed by atoms with van der Waals surface area (Å²) in [6.07, 6.45) is 3.43. The molecular weight excluding hydrogens is 284 g/mol. The highest BCUT2D eigenvalue weighted by Crippen LogP contribution is 2.27. The molecule has 0 aliphatic heterocycles. The van der Waals surface area contributed by atoms with Crippen molar-refractivity contribution in [2.75, 3.05) is 33.2 Å². The number of nitrogens with zero attached hydrogens (tertiary/aromatic N) is 3. The number of nitrogens with two attached hydrogens (primary N) is 1. The van der Waals surface area contributed by atoms with E-state index >= 15 is 0 Å². The summed E-state index contributed by atoms with van der Waals surface area (Å²) in [4.78, 5) is 4.08. The average Bonchev–Trinajstić information content (AvgIpc) is 2.84. The molecule has 1 aromatic heterocycles. The Morgan fingerprint density at radius 1 is 1.27 bits per heavy atom. The molecule has 118 valence electrons. The van der Waals surface area contributed by atoms with Gasteiger partial charge in [-0.25, -0.2) is 9.66 Å². The van der Waals surface area contributed by atoms with Crippen molar-refractivity contribution in [3.05, 3.63) is 35.7 Å². The Kier molecular flexibility index (Phi) is 5.37. The lowest BCUT2D eigenvalue weighted by atomic mass is 10.2. The van der Waals surface area contributed by atoms with E-state index < -0.39 is 0 Å². The van der Waals surface area contributed by atoms with E-state index in [4.69, 9.17) is 19.9 Å². The molecular formula is C15H20N4O3. The summed E-state index contributed by atoms with van der Waals surface area (Å²) in [5, 5.41) is 4.27. The van der Waals surface area contributed by atoms with Gasteiger partial charge in [-0.15, -0.1) is 0 Å². The smallest absolute Gasteiger partial charge is 0.221 e. The molecule has 7 heteroatoms. The van der Waals surface area contributed by atoms with Crippen LogP contribution in [0.15, 0.2) is 29.5 Å². The first-order valence-electron chi connectivity index (χ1n) is 6.79. The number of hydrogen-bond donors (Lipinski definition) is 1. The van der Waals surface area contributed by atoms with E-state index in [2.05, 4.69) is 10.1 Å². The van der Waals surface area contributed by atoms with Gasteiger partial charge in [0.1, 0.15) is 6.61 Å². The van der Waals surface area contributed by atoms with Crippen molar-refractivity contribution in [2.45, 2.75) is 6.92 Å². The van der Waals surface area contributed by atoms with Crippen LogP contribution < -0.4 is 15.2 Å². The topological polar surface area (TPSA) is 83.9 Å². The molecule has 0 aliphatic carbocycles. The van der Waals surface area contributed by atoms with E-state index in [0.717, 1.165) is 11.3 Å². The van der Waals surface area contributed by atoms with E-state index in [1.165, 1.54) is 4.68 Å². The SMILES string of the molecule is COCCOc1ccc(C=Nn2cc(C)nc2N)cc1OC. The van der Waals surface area contributed by atoms with Crippen molar-refractivity contribution < 1.29 is 14.2 Å². The molecule has 2 aromatic rings. The van der Waals surface area contributed by atoms with Crippen LogP contribution >= 0.6 is 0 Å². The highest BCUT2D eigenvalue weighted by Gasteiger charge is 2.05. The molecule has 1 aromatic carbocycles. The van der Waals surface area contributed by atoms with Crippen LogP contribution in [0.4, 0.5) is 5.95 Å². The van der Waals surface area contributed by atoms with Crippen LogP contribution in [0.2, 0.25) is 0 Å². The predicted molar refractivity (Wildman–Crippen MR) is 84.7 cm³/mol. The number of hydrogen-bond acceptors (Lipinski definition) is 6. The molecule has 0 fully saturated rings. The van der Waals surface area contributed by atoms with E-state index in [1.807, 2.05) is 25.1 Å². The van der Waals surface area contributed by atoms with E-state index in [0.29, 0.717) is 30.7 Å². The molecule has 0 saturated carbocycles. The van der Waals surface area contributed by atoms with Gasteiger partial charge in [0.15, 0.2) is 11.5 Å². The minimum atomic E-state index is 0.347. The first kappa shape index (κ1) is 15.8. The maximum atomic E-state index is 5.74. The zero-order valence-electron chi connectivity index (χ0n) is 12.9. The Morgan fingerprint density at radius 3 is 2.73 bits per heavy atom. The lowest BCUT2D eigenvalue weighted by molar-refractivity contribution is 0.144. The third-order valence-corrected chi connectivity index (χ3v) is 2.90. The molecule has 0 saturated heterocycles. The first-order chi connectivity index (χ1) is 10.6. The average molecular weight is 304 g/mol. The van der Waals surface area contributed by atoms with E-state index in [9.17, 15) is 0 Å². The van der Waals surface area contributed by atoms with Crippen LogP contribution in [-0.2, 0) is 4.74 Å². The summed E-state index contributed by atoms with van der Waals surface area (Å²) < 4.78 is 17.4. The number of aromatic nitrogens is 2. The van der Waals surface area contributed by atoms with Crippen molar-refractivity contribution in [1.82, 2.24) is 9.66 Å². The third kappa shape index (κ3) is 3.98. The van der Waals surface area contributed by atoms with Crippen LogP contribution in [-0.4, -0.2) is 43.3 Å². The molecule has 0 amide bonds. The van der Waals surface area contributed by atoms with Crippen LogP contribution in [0.3, 0.4) is 0 Å². The molecule has 0 radical (unpaired) electrons. The third-order valence-electron chi connectivity index (χ3n) is 2.90. The molecule has 0 atom stereocenters. The Labute approximate surface area is 129 Å². The fourth-order valence-electron chi connectivity index (χ4n) is 1.84. The van der Waals surface area contributed by atoms with Crippen LogP contribution in [0, 0.1) is 6.92 Å². The van der Waals surface area contributed by atoms with Crippen LogP contribution in [0.5, 0.6) is 11.5 Å². The molecule has 2 rings (SSSR count). The fraction of sp³-hybridized carbons (Fsp3) is 0.333. The highest BCUT2D eigenvalue weighted by molar-refractivity contribution is 5.81. The van der Waals surface area contributed by atoms with Gasteiger partial charge in [0, 0.05) is 7.11 Å². The monoisotopic (exact) mass is 304 g/mol. The van der Waals surface area contributed by atoms with Crippen LogP contribution in [0.25, 0.3) is 0 Å². The summed E-state index contributed by atoms with van der Waals surface area (Å²) in [5.41, 5.74) is 7.41. The van der Waals surface area contributed by atoms with E-state index in [1.54, 1.807) is 26.6 Å². The van der Waals surface area contributed by atoms with Gasteiger partial charge >= 0.3 is 0 Å². The number of anilines is 1. The molecule has 0 unspecified atom stereocenters. The highest BCUT2D eigenvalue weighted by atomic mass is 16.5. The minimum Gasteiger partial charge on any atom is -0.493 e. The van der Waals surface area contributed by atoms with Crippen molar-refractivity contribution in [2.24, 2.45) is 5.10 Å². The molecule has 7 nitrogen and oxygen atoms in total. The van der Waals surface area contributed by atoms with Crippen LogP contribution in [0.1, 0.15) is 11.3 Å². The quantitative estimate of drug-likeness (QED) is 0.621. The molecule has 0 bridgehead atoms. The summed E-state index contributed by atoms with van der Waals surface area (Å²) in [6.45, 7) is 2.84. The summed E-state index contributed by atoms with van der Waals surface area (Å²) >= 11 is 0. The maximum absolute atomic E-state index is 5.74. The zero-order chi connectivity index (χ0) is 15.9. The summed E-state index contributed by atoms with van der Waals surface area (Å²) in [5.74, 6) is 1.64. The van der Waals surface area contributed by atoms with Gasteiger partial charge in [0.25, 0.3) is 0 Å². The Balaban J connectivity index is 2.13. The molecule has 1 heterocycles. The van der Waals surface area contributed by atoms with Crippen molar-refractivity contribution in [3.63, 3.8) is 0 Å². The lowest BCUT2D eigenvalue weighted by Gasteiger charge is -2.10. The van der Waals surface area contributed by atoms with Crippen molar-refractivity contribution in [1.29, 1.82) is 0 Å². The number of imidazole rings is 1. The number of benzene rings is 1. The number of rotatable bonds is 7. The second-order valence-electron chi connectivity index (χ2n) is 4.58. The Hall–Kier alpha value is -2.54. The molecule has 0 spiro atoms. The van der Waals surface area contributed by atoms with Gasteiger partial charge in [-0.2, -0.15) is 5.10 Å². The Morgan fingerprint density at radius 2 is 2.09 bits per heavy atom. The second-order valence-corrected chi connectivity index (χ2v) is 4.58. The second kappa shape index (κ2) is 7.46. The normalized spacial score (nSPS) is 11.0. The van der Waals surface area contributed by atoms with Gasteiger partial charge in [-0.05, 0) is 30.7 Å². The predicted octanol–water partition coefficient (Wildman–Crippen LogP) is 1.69. The zero-order valence-corrected chi connectivity index (χ0v) is 12.9. The molecule has 22 heavy (non-hydrogen) atoms. The molecule has 2 N–H and O–H groups in total. The summed E-state index contributed by atoms with van der Waals surface area (Å²) in [6, 6.07) is 5.55. The first-order valence-corrected chi connectivity index (χ1v) is 6.79. The largest absolute Gasteiger partial charge is 0.493 e. The number of methoxy groups -OCH3 is 2. The number of aryl methyl sites for hydroxylation is 1. The fourth-order valence-corrected chi connectivity index (χ4v) is 1.84. The molecule has 0 aliphatic rings. The standard InChI is InChI=1S/C15H20N4O3/c1-11-10-19(15(16)18-11)17-9-12-4-5-13(14(8-12)21-3)22-7-6-20-2/h4-5,8-10H,6-7H2,1-3H3,(H2,16,18). The Bertz CT molecular complexity index is 652. The van der Waals surface area contributed by atoms with Crippen molar-refractivity contribution in [3.8, 4) is 11.5 Å². The van der Waals surface area contributed by atoms with Gasteiger partial charge in [0.05, 0.1) is 31.8 Å². The van der Waals surface area contributed by atoms with Gasteiger partial charge in [0.2, 0.25) is 5.95 Å². The minimum absolute atomic E-state index is 0.347. The maximum Gasteiger partial charge on any atom is 0.221 e. The van der Waals surface area contributed by atoms with Gasteiger partial charge < -0.3 is 19.9 Å². The van der Waals surface area contributed by atoms with Gasteiger partial charge in [-0.3, -0.25) is 0 Å². The van der Waals surface area contributed by atoms with Crippen molar-refractivity contribution >= 4 is 12.2 Å². The van der Waals surface area contributed by atoms with Gasteiger partial charge in [-0.1, -0.05) is 0 Å². The lowest BCUT2D eigenvalue weighted by Crippen LogP contribution is -2.05. The number of nitrogen functional groups attached to an aromatic ring is 1. The number of ether oxygens (including phenoxy) is 3. The summed E-state index contributed by atoms with van der Waals surface area (Å²) in [7, 11) is 3.22.